The molecular weight excluding hydrogens is 552 g/mol. The third-order valence-electron chi connectivity index (χ3n) is 9.36. The molecule has 4 aromatic heterocycles. The number of nitrogens with zero attached hydrogens (tertiary/aromatic N) is 4. The normalized spacial score (nSPS) is 12.5. The molecule has 0 saturated heterocycles. The molecule has 9 aromatic rings. The summed E-state index contributed by atoms with van der Waals surface area (Å²) in [5.41, 5.74) is 11.3. The van der Waals surface area contributed by atoms with Gasteiger partial charge < -0.3 is 4.74 Å². The number of hydrogen-bond donors (Lipinski definition) is 0. The van der Waals surface area contributed by atoms with E-state index in [1.54, 1.807) is 0 Å². The molecule has 0 amide bonds. The number of aromatic nitrogens is 4. The summed E-state index contributed by atoms with van der Waals surface area (Å²) in [5.74, 6) is 1.57. The minimum absolute atomic E-state index is 0.775. The lowest BCUT2D eigenvalue weighted by atomic mass is 9.97. The molecule has 5 heteroatoms. The fourth-order valence-corrected chi connectivity index (χ4v) is 7.31. The molecule has 0 spiro atoms. The highest BCUT2D eigenvalue weighted by molar-refractivity contribution is 6.12. The Kier molecular flexibility index (Phi) is 4.92. The van der Waals surface area contributed by atoms with Gasteiger partial charge in [-0.3, -0.25) is 8.97 Å². The van der Waals surface area contributed by atoms with Gasteiger partial charge in [0.2, 0.25) is 0 Å². The van der Waals surface area contributed by atoms with Crippen LogP contribution in [0.25, 0.3) is 66.2 Å². The summed E-state index contributed by atoms with van der Waals surface area (Å²) in [6.07, 6.45) is 4.91. The van der Waals surface area contributed by atoms with Crippen LogP contribution in [0.5, 0.6) is 11.5 Å². The van der Waals surface area contributed by atoms with Gasteiger partial charge in [-0.2, -0.15) is 0 Å². The molecule has 0 atom stereocenters. The molecule has 0 fully saturated rings. The highest BCUT2D eigenvalue weighted by Crippen LogP contribution is 2.41. The Bertz CT molecular complexity index is 2680. The topological polar surface area (TPSA) is 44.4 Å². The number of imidazole rings is 1. The lowest BCUT2D eigenvalue weighted by Crippen LogP contribution is -2.08. The van der Waals surface area contributed by atoms with E-state index in [0.29, 0.717) is 0 Å². The molecule has 0 N–H and O–H groups in total. The zero-order valence-corrected chi connectivity index (χ0v) is 24.5. The van der Waals surface area contributed by atoms with Crippen molar-refractivity contribution in [3.05, 3.63) is 144 Å². The fraction of sp³-hybridized carbons (Fsp3) is 0.0500. The second-order valence-electron chi connectivity index (χ2n) is 12.0. The van der Waals surface area contributed by atoms with Crippen LogP contribution in [0.1, 0.15) is 16.7 Å². The van der Waals surface area contributed by atoms with Gasteiger partial charge in [-0.1, -0.05) is 66.7 Å². The molecule has 212 valence electrons. The molecule has 10 rings (SSSR count). The summed E-state index contributed by atoms with van der Waals surface area (Å²) >= 11 is 0. The van der Waals surface area contributed by atoms with Gasteiger partial charge in [-0.15, -0.1) is 0 Å². The van der Waals surface area contributed by atoms with Gasteiger partial charge in [0.25, 0.3) is 0 Å². The standard InChI is InChI=1S/C40H26N4O/c1-24-8-2-3-10-29(24)35-23-43-36-14-5-4-11-31(36)30-18-17-27(21-34(30)40(43)42-35)45-28-16-15-25-20-26-9-6-12-32-33-13-7-19-41-39(33)44(38(26)32)37(25)22-28/h2-19,21-23H,20H2,1H3. The van der Waals surface area contributed by atoms with Crippen molar-refractivity contribution in [1.82, 2.24) is 18.9 Å². The summed E-state index contributed by atoms with van der Waals surface area (Å²) in [7, 11) is 0. The van der Waals surface area contributed by atoms with Crippen molar-refractivity contribution in [3.8, 4) is 28.4 Å². The van der Waals surface area contributed by atoms with Crippen LogP contribution in [0.4, 0.5) is 0 Å². The first-order valence-electron chi connectivity index (χ1n) is 15.3. The number of pyridine rings is 2. The van der Waals surface area contributed by atoms with E-state index in [2.05, 4.69) is 131 Å². The van der Waals surface area contributed by atoms with Crippen molar-refractivity contribution in [2.24, 2.45) is 0 Å². The van der Waals surface area contributed by atoms with Gasteiger partial charge in [0.1, 0.15) is 22.8 Å². The fourth-order valence-electron chi connectivity index (χ4n) is 7.31. The maximum atomic E-state index is 6.63. The van der Waals surface area contributed by atoms with Crippen LogP contribution in [-0.2, 0) is 6.42 Å². The molecule has 5 aromatic carbocycles. The number of ether oxygens (including phenoxy) is 1. The average Bonchev–Trinajstić information content (AvgIpc) is 3.67. The van der Waals surface area contributed by atoms with E-state index in [-0.39, 0.29) is 0 Å². The molecule has 5 nitrogen and oxygen atoms in total. The van der Waals surface area contributed by atoms with Crippen LogP contribution in [0.2, 0.25) is 0 Å². The number of aryl methyl sites for hydroxylation is 1. The van der Waals surface area contributed by atoms with Crippen LogP contribution in [0, 0.1) is 6.92 Å². The third kappa shape index (κ3) is 3.49. The van der Waals surface area contributed by atoms with Crippen molar-refractivity contribution in [2.45, 2.75) is 13.3 Å². The number of benzene rings is 5. The second-order valence-corrected chi connectivity index (χ2v) is 12.0. The molecule has 45 heavy (non-hydrogen) atoms. The van der Waals surface area contributed by atoms with E-state index in [1.807, 2.05) is 12.3 Å². The molecule has 1 aliphatic heterocycles. The zero-order chi connectivity index (χ0) is 29.6. The summed E-state index contributed by atoms with van der Waals surface area (Å²) in [4.78, 5) is 10.00. The van der Waals surface area contributed by atoms with Crippen LogP contribution in [0.3, 0.4) is 0 Å². The minimum atomic E-state index is 0.775. The number of rotatable bonds is 3. The lowest BCUT2D eigenvalue weighted by Gasteiger charge is -2.21. The van der Waals surface area contributed by atoms with Gasteiger partial charge >= 0.3 is 0 Å². The number of para-hydroxylation sites is 2. The van der Waals surface area contributed by atoms with Crippen molar-refractivity contribution in [3.63, 3.8) is 0 Å². The van der Waals surface area contributed by atoms with E-state index in [4.69, 9.17) is 14.7 Å². The Morgan fingerprint density at radius 1 is 0.644 bits per heavy atom. The number of hydrogen-bond acceptors (Lipinski definition) is 3. The molecule has 0 aliphatic carbocycles. The SMILES string of the molecule is Cc1ccccc1-c1cn2c3ccccc3c3ccc(Oc4ccc5c(c4)-n4c6ncccc6c6cccc(c64)C5)cc3c2n1. The molecule has 0 unspecified atom stereocenters. The van der Waals surface area contributed by atoms with Crippen LogP contribution < -0.4 is 4.74 Å². The van der Waals surface area contributed by atoms with Crippen molar-refractivity contribution >= 4 is 49.3 Å². The molecule has 0 saturated carbocycles. The summed E-state index contributed by atoms with van der Waals surface area (Å²) < 4.78 is 11.1. The van der Waals surface area contributed by atoms with Gasteiger partial charge in [0, 0.05) is 52.0 Å². The first-order valence-corrected chi connectivity index (χ1v) is 15.3. The Labute approximate surface area is 258 Å². The maximum Gasteiger partial charge on any atom is 0.146 e. The van der Waals surface area contributed by atoms with Crippen molar-refractivity contribution in [2.75, 3.05) is 0 Å². The average molecular weight is 579 g/mol. The van der Waals surface area contributed by atoms with Crippen LogP contribution in [-0.4, -0.2) is 18.9 Å². The Hall–Kier alpha value is -5.94. The molecule has 0 radical (unpaired) electrons. The van der Waals surface area contributed by atoms with E-state index in [1.165, 1.54) is 38.4 Å². The smallest absolute Gasteiger partial charge is 0.146 e. The molecule has 0 bridgehead atoms. The second kappa shape index (κ2) is 9.04. The van der Waals surface area contributed by atoms with Gasteiger partial charge in [-0.05, 0) is 71.5 Å². The first kappa shape index (κ1) is 24.5. The minimum Gasteiger partial charge on any atom is -0.457 e. The van der Waals surface area contributed by atoms with Crippen LogP contribution >= 0.6 is 0 Å². The quantitative estimate of drug-likeness (QED) is 0.196. The molecular formula is C40H26N4O. The van der Waals surface area contributed by atoms with Crippen molar-refractivity contribution in [1.29, 1.82) is 0 Å². The van der Waals surface area contributed by atoms with Crippen molar-refractivity contribution < 1.29 is 4.74 Å². The third-order valence-corrected chi connectivity index (χ3v) is 9.36. The number of fused-ring (bicyclic) bond motifs is 11. The maximum absolute atomic E-state index is 6.63. The highest BCUT2D eigenvalue weighted by atomic mass is 16.5. The molecule has 5 heterocycles. The first-order chi connectivity index (χ1) is 22.2. The van der Waals surface area contributed by atoms with E-state index >= 15 is 0 Å². The Morgan fingerprint density at radius 2 is 1.47 bits per heavy atom. The van der Waals surface area contributed by atoms with Crippen LogP contribution in [0.15, 0.2) is 128 Å². The summed E-state index contributed by atoms with van der Waals surface area (Å²) in [6, 6.07) is 40.5. The van der Waals surface area contributed by atoms with Gasteiger partial charge in [0.05, 0.1) is 22.4 Å². The van der Waals surface area contributed by atoms with E-state index < -0.39 is 0 Å². The van der Waals surface area contributed by atoms with Gasteiger partial charge in [-0.25, -0.2) is 9.97 Å². The van der Waals surface area contributed by atoms with E-state index in [0.717, 1.165) is 62.4 Å². The molecule has 1 aliphatic rings. The summed E-state index contributed by atoms with van der Waals surface area (Å²) in [6.45, 7) is 2.14. The Morgan fingerprint density at radius 3 is 2.42 bits per heavy atom. The highest BCUT2D eigenvalue weighted by Gasteiger charge is 2.23. The largest absolute Gasteiger partial charge is 0.457 e. The lowest BCUT2D eigenvalue weighted by molar-refractivity contribution is 0.483. The van der Waals surface area contributed by atoms with E-state index in [9.17, 15) is 0 Å². The monoisotopic (exact) mass is 578 g/mol. The predicted octanol–water partition coefficient (Wildman–Crippen LogP) is 9.80. The predicted molar refractivity (Wildman–Crippen MR) is 182 cm³/mol. The zero-order valence-electron chi connectivity index (χ0n) is 24.5. The Balaban J connectivity index is 1.13. The summed E-state index contributed by atoms with van der Waals surface area (Å²) in [5, 5.41) is 5.80. The van der Waals surface area contributed by atoms with Gasteiger partial charge in [0.15, 0.2) is 0 Å².